The van der Waals surface area contributed by atoms with E-state index in [-0.39, 0.29) is 12.3 Å². The molecule has 1 unspecified atom stereocenters. The van der Waals surface area contributed by atoms with Crippen LogP contribution >= 0.6 is 0 Å². The molecule has 0 aliphatic heterocycles. The van der Waals surface area contributed by atoms with Gasteiger partial charge in [-0.05, 0) is 12.0 Å². The second-order valence-electron chi connectivity index (χ2n) is 5.20. The fourth-order valence-corrected chi connectivity index (χ4v) is 2.56. The summed E-state index contributed by atoms with van der Waals surface area (Å²) < 4.78 is 4.69. The van der Waals surface area contributed by atoms with Crippen molar-refractivity contribution in [1.29, 1.82) is 10.5 Å². The Balaban J connectivity index is 2.29. The van der Waals surface area contributed by atoms with E-state index in [0.717, 1.165) is 5.56 Å². The van der Waals surface area contributed by atoms with Gasteiger partial charge in [0, 0.05) is 17.9 Å². The first-order valence-corrected chi connectivity index (χ1v) is 6.98. The van der Waals surface area contributed by atoms with E-state index in [9.17, 15) is 15.3 Å². The Morgan fingerprint density at radius 3 is 2.59 bits per heavy atom. The van der Waals surface area contributed by atoms with Crippen LogP contribution in [-0.2, 0) is 9.53 Å². The molecule has 0 bridgehead atoms. The van der Waals surface area contributed by atoms with E-state index in [2.05, 4.69) is 12.1 Å². The van der Waals surface area contributed by atoms with Gasteiger partial charge in [0.2, 0.25) is 0 Å². The van der Waals surface area contributed by atoms with E-state index in [4.69, 9.17) is 4.74 Å². The molecule has 0 fully saturated rings. The molecule has 1 aliphatic carbocycles. The Kier molecular flexibility index (Phi) is 4.76. The summed E-state index contributed by atoms with van der Waals surface area (Å²) in [5.74, 6) is -0.725. The Morgan fingerprint density at radius 2 is 2.00 bits per heavy atom. The molecule has 110 valence electrons. The van der Waals surface area contributed by atoms with Gasteiger partial charge in [-0.15, -0.1) is 0 Å². The summed E-state index contributed by atoms with van der Waals surface area (Å²) in [6.07, 6.45) is 6.11. The molecule has 0 amide bonds. The number of carbonyl (C=O) groups is 1. The Labute approximate surface area is 129 Å². The van der Waals surface area contributed by atoms with Crippen molar-refractivity contribution in [3.05, 3.63) is 53.6 Å². The van der Waals surface area contributed by atoms with Gasteiger partial charge in [0.05, 0.1) is 19.2 Å². The summed E-state index contributed by atoms with van der Waals surface area (Å²) in [7, 11) is 1.30. The third-order valence-electron chi connectivity index (χ3n) is 3.89. The number of nitrogens with zero attached hydrogens (tertiary/aromatic N) is 2. The van der Waals surface area contributed by atoms with Crippen LogP contribution in [0, 0.1) is 34.0 Å². The van der Waals surface area contributed by atoms with Crippen molar-refractivity contribution in [2.45, 2.75) is 12.8 Å². The number of allylic oxidation sites excluding steroid dienone is 2. The molecule has 0 N–H and O–H groups in total. The number of hydrogen-bond donors (Lipinski definition) is 0. The lowest BCUT2D eigenvalue weighted by Gasteiger charge is -2.30. The van der Waals surface area contributed by atoms with Gasteiger partial charge in [-0.25, -0.2) is 4.79 Å². The zero-order chi connectivity index (χ0) is 16.0. The molecule has 0 spiro atoms. The maximum Gasteiger partial charge on any atom is 0.333 e. The fraction of sp³-hybridized carbons (Fsp3) is 0.278. The number of nitriles is 2. The molecule has 0 radical (unpaired) electrons. The third kappa shape index (κ3) is 3.07. The molecule has 4 heteroatoms. The average molecular weight is 292 g/mol. The summed E-state index contributed by atoms with van der Waals surface area (Å²) in [5.41, 5.74) is 0.175. The van der Waals surface area contributed by atoms with Crippen LogP contribution in [-0.4, -0.2) is 13.1 Å². The van der Waals surface area contributed by atoms with E-state index < -0.39 is 11.4 Å². The second kappa shape index (κ2) is 6.74. The highest BCUT2D eigenvalue weighted by Gasteiger charge is 2.42. The molecule has 1 aliphatic rings. The van der Waals surface area contributed by atoms with E-state index in [0.29, 0.717) is 12.0 Å². The van der Waals surface area contributed by atoms with Gasteiger partial charge < -0.3 is 4.74 Å². The smallest absolute Gasteiger partial charge is 0.333 e. The lowest BCUT2D eigenvalue weighted by Crippen LogP contribution is -2.31. The fourth-order valence-electron chi connectivity index (χ4n) is 2.56. The van der Waals surface area contributed by atoms with Crippen LogP contribution in [0.4, 0.5) is 0 Å². The number of ether oxygens (including phenoxy) is 1. The van der Waals surface area contributed by atoms with Crippen molar-refractivity contribution in [3.63, 3.8) is 0 Å². The maximum atomic E-state index is 11.6. The van der Waals surface area contributed by atoms with Crippen LogP contribution in [0.3, 0.4) is 0 Å². The Morgan fingerprint density at radius 1 is 1.32 bits per heavy atom. The monoisotopic (exact) mass is 292 g/mol. The van der Waals surface area contributed by atoms with Crippen LogP contribution in [0.15, 0.2) is 48.1 Å². The van der Waals surface area contributed by atoms with Gasteiger partial charge in [-0.2, -0.15) is 10.5 Å². The largest absolute Gasteiger partial charge is 0.466 e. The summed E-state index contributed by atoms with van der Waals surface area (Å²) >= 11 is 0. The molecule has 4 nitrogen and oxygen atoms in total. The first-order valence-electron chi connectivity index (χ1n) is 6.98. The Hall–Kier alpha value is -2.85. The first kappa shape index (κ1) is 15.5. The Bertz CT molecular complexity index is 676. The highest BCUT2D eigenvalue weighted by atomic mass is 16.5. The van der Waals surface area contributed by atoms with Gasteiger partial charge in [0.15, 0.2) is 5.41 Å². The number of benzene rings is 1. The number of hydrogen-bond acceptors (Lipinski definition) is 4. The quantitative estimate of drug-likeness (QED) is 0.801. The van der Waals surface area contributed by atoms with Crippen LogP contribution < -0.4 is 0 Å². The second-order valence-corrected chi connectivity index (χ2v) is 5.20. The molecule has 0 saturated heterocycles. The summed E-state index contributed by atoms with van der Waals surface area (Å²) in [4.78, 5) is 11.6. The normalized spacial score (nSPS) is 19.8. The van der Waals surface area contributed by atoms with Crippen LogP contribution in [0.2, 0.25) is 0 Å². The van der Waals surface area contributed by atoms with Crippen molar-refractivity contribution < 1.29 is 9.53 Å². The molecule has 1 aromatic rings. The van der Waals surface area contributed by atoms with Crippen molar-refractivity contribution in [3.8, 4) is 12.1 Å². The van der Waals surface area contributed by atoms with Gasteiger partial charge in [-0.3, -0.25) is 0 Å². The molecule has 0 heterocycles. The van der Waals surface area contributed by atoms with Crippen LogP contribution in [0.25, 0.3) is 6.08 Å². The van der Waals surface area contributed by atoms with Gasteiger partial charge in [0.1, 0.15) is 0 Å². The zero-order valence-corrected chi connectivity index (χ0v) is 12.3. The predicted molar refractivity (Wildman–Crippen MR) is 82.0 cm³/mol. The zero-order valence-electron chi connectivity index (χ0n) is 12.3. The summed E-state index contributed by atoms with van der Waals surface area (Å²) in [5, 5.41) is 19.0. The molecule has 1 aromatic carbocycles. The molecule has 0 aromatic heterocycles. The highest BCUT2D eigenvalue weighted by Crippen LogP contribution is 2.41. The number of esters is 1. The minimum Gasteiger partial charge on any atom is -0.466 e. The van der Waals surface area contributed by atoms with Crippen LogP contribution in [0.1, 0.15) is 18.4 Å². The molecule has 0 saturated carbocycles. The van der Waals surface area contributed by atoms with E-state index >= 15 is 0 Å². The standard InChI is InChI=1S/C18H16N2O2/c1-22-17(21)15-8-10-16(18(11-15,12-19)13-20)9-7-14-5-3-2-4-6-14/h2-9,16H,10-11H2,1H3/b9-7+. The minimum absolute atomic E-state index is 0.0937. The van der Waals surface area contributed by atoms with Crippen molar-refractivity contribution in [2.24, 2.45) is 11.3 Å². The van der Waals surface area contributed by atoms with Crippen molar-refractivity contribution >= 4 is 12.0 Å². The van der Waals surface area contributed by atoms with Gasteiger partial charge in [-0.1, -0.05) is 48.6 Å². The summed E-state index contributed by atoms with van der Waals surface area (Å²) in [6.45, 7) is 0. The molecular weight excluding hydrogens is 276 g/mol. The number of methoxy groups -OCH3 is 1. The lowest BCUT2D eigenvalue weighted by molar-refractivity contribution is -0.136. The minimum atomic E-state index is -1.23. The van der Waals surface area contributed by atoms with E-state index in [1.54, 1.807) is 6.08 Å². The number of carbonyl (C=O) groups excluding carboxylic acids is 1. The first-order chi connectivity index (χ1) is 10.6. The molecule has 22 heavy (non-hydrogen) atoms. The topological polar surface area (TPSA) is 73.9 Å². The average Bonchev–Trinajstić information content (AvgIpc) is 2.60. The molecule has 1 atom stereocenters. The molecular formula is C18H16N2O2. The predicted octanol–water partition coefficient (Wildman–Crippen LogP) is 3.24. The van der Waals surface area contributed by atoms with Crippen molar-refractivity contribution in [1.82, 2.24) is 0 Å². The maximum absolute atomic E-state index is 11.6. The van der Waals surface area contributed by atoms with E-state index in [1.165, 1.54) is 7.11 Å². The van der Waals surface area contributed by atoms with Crippen molar-refractivity contribution in [2.75, 3.05) is 7.11 Å². The number of rotatable bonds is 3. The van der Waals surface area contributed by atoms with E-state index in [1.807, 2.05) is 42.5 Å². The van der Waals surface area contributed by atoms with Crippen LogP contribution in [0.5, 0.6) is 0 Å². The van der Waals surface area contributed by atoms with Gasteiger partial charge in [0.25, 0.3) is 0 Å². The SMILES string of the molecule is COC(=O)C1=CCC(/C=C/c2ccccc2)C(C#N)(C#N)C1. The molecule has 2 rings (SSSR count). The lowest BCUT2D eigenvalue weighted by atomic mass is 9.68. The summed E-state index contributed by atoms with van der Waals surface area (Å²) in [6, 6.07) is 13.9. The third-order valence-corrected chi connectivity index (χ3v) is 3.89. The van der Waals surface area contributed by atoms with Gasteiger partial charge >= 0.3 is 5.97 Å². The highest BCUT2D eigenvalue weighted by molar-refractivity contribution is 5.89.